The van der Waals surface area contributed by atoms with Crippen LogP contribution in [-0.2, 0) is 0 Å². The Labute approximate surface area is 130 Å². The van der Waals surface area contributed by atoms with Gasteiger partial charge in [0.1, 0.15) is 5.82 Å². The smallest absolute Gasteiger partial charge is 0.265 e. The molecule has 1 N–H and O–H groups in total. The predicted octanol–water partition coefficient (Wildman–Crippen LogP) is 4.50. The molecule has 3 aromatic rings. The Hall–Kier alpha value is -2.53. The van der Waals surface area contributed by atoms with Gasteiger partial charge in [-0.2, -0.15) is 0 Å². The van der Waals surface area contributed by atoms with Crippen LogP contribution in [0.15, 0.2) is 48.5 Å². The van der Waals surface area contributed by atoms with Crippen LogP contribution in [0.3, 0.4) is 0 Å². The van der Waals surface area contributed by atoms with Gasteiger partial charge in [-0.15, -0.1) is 11.3 Å². The van der Waals surface area contributed by atoms with Gasteiger partial charge in [-0.05, 0) is 49.4 Å². The highest BCUT2D eigenvalue weighted by Crippen LogP contribution is 2.28. The van der Waals surface area contributed by atoms with E-state index >= 15 is 0 Å². The number of thiophene rings is 1. The minimum absolute atomic E-state index is 0.0298. The molecule has 0 aliphatic rings. The van der Waals surface area contributed by atoms with Crippen LogP contribution in [0.5, 0.6) is 0 Å². The standard InChI is InChI=1S/C17H12FNO2S/c1-10(20)11-5-7-12(8-6-11)19-17(21)16-9-13-14(18)3-2-4-15(13)22-16/h2-9H,1H3,(H,19,21). The average molecular weight is 313 g/mol. The molecule has 0 unspecified atom stereocenters. The van der Waals surface area contributed by atoms with Gasteiger partial charge in [0.25, 0.3) is 5.91 Å². The molecule has 0 bridgehead atoms. The van der Waals surface area contributed by atoms with E-state index in [1.165, 1.54) is 24.3 Å². The molecule has 0 saturated heterocycles. The molecule has 0 radical (unpaired) electrons. The molecule has 22 heavy (non-hydrogen) atoms. The van der Waals surface area contributed by atoms with Crippen LogP contribution in [0.2, 0.25) is 0 Å². The number of hydrogen-bond donors (Lipinski definition) is 1. The van der Waals surface area contributed by atoms with Gasteiger partial charge in [0.05, 0.1) is 4.88 Å². The molecule has 3 rings (SSSR count). The van der Waals surface area contributed by atoms with Crippen molar-refractivity contribution in [3.8, 4) is 0 Å². The zero-order valence-corrected chi connectivity index (χ0v) is 12.5. The summed E-state index contributed by atoms with van der Waals surface area (Å²) in [7, 11) is 0. The molecule has 0 aliphatic carbocycles. The molecule has 1 amide bonds. The molecule has 2 aromatic carbocycles. The molecule has 0 spiro atoms. The third-order valence-corrected chi connectivity index (χ3v) is 4.38. The quantitative estimate of drug-likeness (QED) is 0.724. The first-order valence-corrected chi connectivity index (χ1v) is 7.46. The zero-order chi connectivity index (χ0) is 15.7. The van der Waals surface area contributed by atoms with Gasteiger partial charge < -0.3 is 5.32 Å². The summed E-state index contributed by atoms with van der Waals surface area (Å²) < 4.78 is 14.4. The summed E-state index contributed by atoms with van der Waals surface area (Å²) in [6.07, 6.45) is 0. The van der Waals surface area contributed by atoms with Gasteiger partial charge >= 0.3 is 0 Å². The first kappa shape index (κ1) is 14.4. The van der Waals surface area contributed by atoms with Crippen molar-refractivity contribution in [3.05, 3.63) is 64.8 Å². The summed E-state index contributed by atoms with van der Waals surface area (Å²) in [6, 6.07) is 13.0. The second-order valence-corrected chi connectivity index (χ2v) is 5.93. The Morgan fingerprint density at radius 1 is 1.09 bits per heavy atom. The van der Waals surface area contributed by atoms with E-state index in [9.17, 15) is 14.0 Å². The summed E-state index contributed by atoms with van der Waals surface area (Å²) >= 11 is 1.24. The van der Waals surface area contributed by atoms with E-state index in [1.807, 2.05) is 0 Å². The highest BCUT2D eigenvalue weighted by molar-refractivity contribution is 7.20. The van der Waals surface area contributed by atoms with Crippen molar-refractivity contribution in [2.24, 2.45) is 0 Å². The number of anilines is 1. The van der Waals surface area contributed by atoms with Crippen LogP contribution in [0, 0.1) is 5.82 Å². The van der Waals surface area contributed by atoms with Crippen LogP contribution in [0.4, 0.5) is 10.1 Å². The molecule has 110 valence electrons. The van der Waals surface area contributed by atoms with Crippen molar-refractivity contribution in [1.29, 1.82) is 0 Å². The van der Waals surface area contributed by atoms with Crippen LogP contribution >= 0.6 is 11.3 Å². The van der Waals surface area contributed by atoms with Gasteiger partial charge in [0.2, 0.25) is 0 Å². The Morgan fingerprint density at radius 3 is 2.45 bits per heavy atom. The molecular formula is C17H12FNO2S. The summed E-state index contributed by atoms with van der Waals surface area (Å²) in [5.41, 5.74) is 1.18. The number of nitrogens with one attached hydrogen (secondary N) is 1. The lowest BCUT2D eigenvalue weighted by Gasteiger charge is -2.04. The zero-order valence-electron chi connectivity index (χ0n) is 11.7. The Balaban J connectivity index is 1.83. The van der Waals surface area contributed by atoms with E-state index in [-0.39, 0.29) is 17.5 Å². The Morgan fingerprint density at radius 2 is 1.82 bits per heavy atom. The normalized spacial score (nSPS) is 10.6. The Bertz CT molecular complexity index is 868. The summed E-state index contributed by atoms with van der Waals surface area (Å²) in [5.74, 6) is -0.660. The van der Waals surface area contributed by atoms with Crippen LogP contribution in [0.25, 0.3) is 10.1 Å². The topological polar surface area (TPSA) is 46.2 Å². The largest absolute Gasteiger partial charge is 0.321 e. The third kappa shape index (κ3) is 2.76. The molecule has 0 fully saturated rings. The summed E-state index contributed by atoms with van der Waals surface area (Å²) in [6.45, 7) is 1.49. The number of amides is 1. The van der Waals surface area contributed by atoms with Crippen molar-refractivity contribution in [2.45, 2.75) is 6.92 Å². The van der Waals surface area contributed by atoms with E-state index < -0.39 is 0 Å². The molecule has 0 aliphatic heterocycles. The molecule has 1 aromatic heterocycles. The average Bonchev–Trinajstić information content (AvgIpc) is 2.93. The van der Waals surface area contributed by atoms with E-state index in [2.05, 4.69) is 5.32 Å². The maximum Gasteiger partial charge on any atom is 0.265 e. The van der Waals surface area contributed by atoms with Gasteiger partial charge in [0, 0.05) is 21.3 Å². The van der Waals surface area contributed by atoms with Gasteiger partial charge in [-0.3, -0.25) is 9.59 Å². The number of fused-ring (bicyclic) bond motifs is 1. The van der Waals surface area contributed by atoms with Crippen LogP contribution < -0.4 is 5.32 Å². The highest BCUT2D eigenvalue weighted by atomic mass is 32.1. The minimum atomic E-state index is -0.335. The minimum Gasteiger partial charge on any atom is -0.321 e. The van der Waals surface area contributed by atoms with Crippen molar-refractivity contribution in [1.82, 2.24) is 0 Å². The SMILES string of the molecule is CC(=O)c1ccc(NC(=O)c2cc3c(F)cccc3s2)cc1. The van der Waals surface area contributed by atoms with Crippen molar-refractivity contribution < 1.29 is 14.0 Å². The van der Waals surface area contributed by atoms with Gasteiger partial charge in [-0.25, -0.2) is 4.39 Å². The molecule has 5 heteroatoms. The second kappa shape index (κ2) is 5.69. The number of rotatable bonds is 3. The number of carbonyl (C=O) groups excluding carboxylic acids is 2. The van der Waals surface area contributed by atoms with E-state index in [4.69, 9.17) is 0 Å². The lowest BCUT2D eigenvalue weighted by molar-refractivity contribution is 0.101. The monoisotopic (exact) mass is 313 g/mol. The number of hydrogen-bond acceptors (Lipinski definition) is 3. The maximum atomic E-state index is 13.7. The Kier molecular flexibility index (Phi) is 3.73. The number of Topliss-reactive ketones (excluding diaryl/α,β-unsaturated/α-hetero) is 1. The second-order valence-electron chi connectivity index (χ2n) is 4.85. The third-order valence-electron chi connectivity index (χ3n) is 3.28. The predicted molar refractivity (Wildman–Crippen MR) is 86.2 cm³/mol. The molecule has 3 nitrogen and oxygen atoms in total. The lowest BCUT2D eigenvalue weighted by atomic mass is 10.1. The fourth-order valence-electron chi connectivity index (χ4n) is 2.12. The van der Waals surface area contributed by atoms with E-state index in [0.29, 0.717) is 21.5 Å². The number of halogens is 1. The van der Waals surface area contributed by atoms with Crippen LogP contribution in [-0.4, -0.2) is 11.7 Å². The van der Waals surface area contributed by atoms with Crippen molar-refractivity contribution in [2.75, 3.05) is 5.32 Å². The van der Waals surface area contributed by atoms with E-state index in [1.54, 1.807) is 42.5 Å². The number of benzene rings is 2. The van der Waals surface area contributed by atoms with Crippen molar-refractivity contribution in [3.63, 3.8) is 0 Å². The van der Waals surface area contributed by atoms with Gasteiger partial charge in [0.15, 0.2) is 5.78 Å². The summed E-state index contributed by atoms with van der Waals surface area (Å²) in [4.78, 5) is 23.9. The molecular weight excluding hydrogens is 301 g/mol. The van der Waals surface area contributed by atoms with Crippen LogP contribution in [0.1, 0.15) is 27.0 Å². The van der Waals surface area contributed by atoms with Crippen molar-refractivity contribution >= 4 is 38.8 Å². The van der Waals surface area contributed by atoms with Gasteiger partial charge in [-0.1, -0.05) is 6.07 Å². The van der Waals surface area contributed by atoms with E-state index in [0.717, 1.165) is 4.70 Å². The summed E-state index contributed by atoms with van der Waals surface area (Å²) in [5, 5.41) is 3.19. The fourth-order valence-corrected chi connectivity index (χ4v) is 3.09. The molecule has 0 saturated carbocycles. The number of ketones is 1. The first-order valence-electron chi connectivity index (χ1n) is 6.65. The maximum absolute atomic E-state index is 13.7. The highest BCUT2D eigenvalue weighted by Gasteiger charge is 2.12. The fraction of sp³-hybridized carbons (Fsp3) is 0.0588. The molecule has 0 atom stereocenters. The first-order chi connectivity index (χ1) is 10.5. The molecule has 1 heterocycles. The number of carbonyl (C=O) groups is 2. The lowest BCUT2D eigenvalue weighted by Crippen LogP contribution is -2.10.